The summed E-state index contributed by atoms with van der Waals surface area (Å²) in [5, 5.41) is 2.95. The Morgan fingerprint density at radius 2 is 1.90 bits per heavy atom. The van der Waals surface area contributed by atoms with Crippen LogP contribution >= 0.6 is 11.6 Å². The number of carbonyl (C=O) groups is 1. The van der Waals surface area contributed by atoms with E-state index in [0.717, 1.165) is 0 Å². The molecule has 0 bridgehead atoms. The standard InChI is InChI=1S/C21H27ClN2O5S/c1-15(2)23-21(25)24(11-12-28-4)14-17-8-6-9-18(13-17)29-30(26,27)20-16(3)7-5-10-19(20)22/h5-10,13,15H,11-12,14H2,1-4H3,(H,23,25). The number of nitrogens with zero attached hydrogens (tertiary/aromatic N) is 1. The maximum atomic E-state index is 12.7. The first-order valence-corrected chi connectivity index (χ1v) is 11.3. The van der Waals surface area contributed by atoms with Gasteiger partial charge in [0.15, 0.2) is 0 Å². The third-order valence-electron chi connectivity index (χ3n) is 4.16. The zero-order valence-corrected chi connectivity index (χ0v) is 19.1. The molecule has 0 saturated carbocycles. The third-order valence-corrected chi connectivity index (χ3v) is 6.04. The van der Waals surface area contributed by atoms with E-state index in [4.69, 9.17) is 20.5 Å². The molecular formula is C21H27ClN2O5S. The summed E-state index contributed by atoms with van der Waals surface area (Å²) in [6, 6.07) is 11.2. The van der Waals surface area contributed by atoms with Crippen molar-refractivity contribution in [1.82, 2.24) is 10.2 Å². The number of hydrogen-bond acceptors (Lipinski definition) is 5. The summed E-state index contributed by atoms with van der Waals surface area (Å²) in [5.41, 5.74) is 1.21. The summed E-state index contributed by atoms with van der Waals surface area (Å²) >= 11 is 6.08. The van der Waals surface area contributed by atoms with Crippen LogP contribution in [0.2, 0.25) is 5.02 Å². The van der Waals surface area contributed by atoms with Crippen molar-refractivity contribution < 1.29 is 22.1 Å². The lowest BCUT2D eigenvalue weighted by Crippen LogP contribution is -2.43. The number of halogens is 1. The Bertz CT molecular complexity index is 959. The van der Waals surface area contributed by atoms with E-state index < -0.39 is 10.1 Å². The maximum Gasteiger partial charge on any atom is 0.340 e. The summed E-state index contributed by atoms with van der Waals surface area (Å²) in [5.74, 6) is 0.141. The van der Waals surface area contributed by atoms with Gasteiger partial charge in [0.1, 0.15) is 10.6 Å². The van der Waals surface area contributed by atoms with Crippen molar-refractivity contribution in [2.75, 3.05) is 20.3 Å². The highest BCUT2D eigenvalue weighted by Crippen LogP contribution is 2.28. The highest BCUT2D eigenvalue weighted by molar-refractivity contribution is 7.87. The van der Waals surface area contributed by atoms with Gasteiger partial charge in [-0.3, -0.25) is 0 Å². The molecule has 0 fully saturated rings. The fourth-order valence-corrected chi connectivity index (χ4v) is 4.52. The third kappa shape index (κ3) is 6.62. The van der Waals surface area contributed by atoms with Gasteiger partial charge in [0, 0.05) is 26.2 Å². The van der Waals surface area contributed by atoms with Crippen LogP contribution in [-0.4, -0.2) is 45.7 Å². The number of ether oxygens (including phenoxy) is 1. The molecule has 0 radical (unpaired) electrons. The number of urea groups is 1. The molecule has 0 unspecified atom stereocenters. The second kappa shape index (κ2) is 10.7. The van der Waals surface area contributed by atoms with Gasteiger partial charge in [-0.1, -0.05) is 35.9 Å². The zero-order chi connectivity index (χ0) is 22.3. The topological polar surface area (TPSA) is 84.9 Å². The first kappa shape index (κ1) is 24.0. The lowest BCUT2D eigenvalue weighted by molar-refractivity contribution is 0.145. The summed E-state index contributed by atoms with van der Waals surface area (Å²) in [6.07, 6.45) is 0. The van der Waals surface area contributed by atoms with E-state index in [1.165, 1.54) is 6.07 Å². The molecule has 0 atom stereocenters. The summed E-state index contributed by atoms with van der Waals surface area (Å²) in [7, 11) is -2.55. The Kier molecular flexibility index (Phi) is 8.52. The fourth-order valence-electron chi connectivity index (χ4n) is 2.81. The monoisotopic (exact) mass is 454 g/mol. The molecule has 2 aromatic rings. The van der Waals surface area contributed by atoms with E-state index >= 15 is 0 Å². The molecule has 164 valence electrons. The molecule has 30 heavy (non-hydrogen) atoms. The smallest absolute Gasteiger partial charge is 0.340 e. The average Bonchev–Trinajstić information content (AvgIpc) is 2.64. The maximum absolute atomic E-state index is 12.7. The number of rotatable bonds is 9. The van der Waals surface area contributed by atoms with Crippen molar-refractivity contribution in [3.05, 3.63) is 58.6 Å². The van der Waals surface area contributed by atoms with Crippen LogP contribution in [0, 0.1) is 6.92 Å². The van der Waals surface area contributed by atoms with Crippen molar-refractivity contribution in [1.29, 1.82) is 0 Å². The molecular weight excluding hydrogens is 428 g/mol. The SMILES string of the molecule is COCCN(Cc1cccc(OS(=O)(=O)c2c(C)cccc2Cl)c1)C(=O)NC(C)C. The fraction of sp³-hybridized carbons (Fsp3) is 0.381. The van der Waals surface area contributed by atoms with Gasteiger partial charge < -0.3 is 19.1 Å². The number of methoxy groups -OCH3 is 1. The van der Waals surface area contributed by atoms with Crippen LogP contribution in [0.5, 0.6) is 5.75 Å². The molecule has 0 spiro atoms. The lowest BCUT2D eigenvalue weighted by atomic mass is 10.2. The van der Waals surface area contributed by atoms with Crippen LogP contribution in [-0.2, 0) is 21.4 Å². The number of carbonyl (C=O) groups excluding carboxylic acids is 1. The Morgan fingerprint density at radius 3 is 2.53 bits per heavy atom. The Labute approximate surface area is 183 Å². The molecule has 0 saturated heterocycles. The van der Waals surface area contributed by atoms with E-state index in [0.29, 0.717) is 24.3 Å². The van der Waals surface area contributed by atoms with Gasteiger partial charge in [-0.05, 0) is 50.1 Å². The number of hydrogen-bond donors (Lipinski definition) is 1. The number of amides is 2. The predicted octanol–water partition coefficient (Wildman–Crippen LogP) is 3.98. The molecule has 0 aliphatic heterocycles. The normalized spacial score (nSPS) is 11.4. The zero-order valence-electron chi connectivity index (χ0n) is 17.5. The minimum Gasteiger partial charge on any atom is -0.383 e. The molecule has 1 N–H and O–H groups in total. The van der Waals surface area contributed by atoms with Crippen LogP contribution in [0.15, 0.2) is 47.4 Å². The van der Waals surface area contributed by atoms with Crippen LogP contribution in [0.25, 0.3) is 0 Å². The minimum atomic E-state index is -4.11. The van der Waals surface area contributed by atoms with Crippen molar-refractivity contribution in [2.24, 2.45) is 0 Å². The highest BCUT2D eigenvalue weighted by atomic mass is 35.5. The lowest BCUT2D eigenvalue weighted by Gasteiger charge is -2.24. The molecule has 2 rings (SSSR count). The van der Waals surface area contributed by atoms with Gasteiger partial charge in [0.25, 0.3) is 0 Å². The average molecular weight is 455 g/mol. The van der Waals surface area contributed by atoms with E-state index in [1.54, 1.807) is 55.3 Å². The second-order valence-electron chi connectivity index (χ2n) is 7.09. The number of aryl methyl sites for hydroxylation is 1. The molecule has 2 aromatic carbocycles. The molecule has 0 aromatic heterocycles. The van der Waals surface area contributed by atoms with Crippen LogP contribution in [0.4, 0.5) is 4.79 Å². The van der Waals surface area contributed by atoms with Crippen LogP contribution < -0.4 is 9.50 Å². The van der Waals surface area contributed by atoms with Gasteiger partial charge in [-0.25, -0.2) is 4.79 Å². The molecule has 9 heteroatoms. The Balaban J connectivity index is 2.23. The van der Waals surface area contributed by atoms with Gasteiger partial charge in [-0.15, -0.1) is 0 Å². The molecule has 7 nitrogen and oxygen atoms in total. The van der Waals surface area contributed by atoms with E-state index in [2.05, 4.69) is 5.32 Å². The van der Waals surface area contributed by atoms with E-state index in [9.17, 15) is 13.2 Å². The summed E-state index contributed by atoms with van der Waals surface area (Å²) in [6.45, 7) is 6.44. The van der Waals surface area contributed by atoms with Crippen LogP contribution in [0.1, 0.15) is 25.0 Å². The number of nitrogens with one attached hydrogen (secondary N) is 1. The number of benzene rings is 2. The van der Waals surface area contributed by atoms with Crippen molar-refractivity contribution >= 4 is 27.8 Å². The van der Waals surface area contributed by atoms with E-state index in [1.807, 2.05) is 13.8 Å². The van der Waals surface area contributed by atoms with Gasteiger partial charge >= 0.3 is 16.1 Å². The molecule has 0 heterocycles. The van der Waals surface area contributed by atoms with Crippen LogP contribution in [0.3, 0.4) is 0 Å². The minimum absolute atomic E-state index is 0.0128. The Hall–Kier alpha value is -2.29. The summed E-state index contributed by atoms with van der Waals surface area (Å²) in [4.78, 5) is 14.0. The summed E-state index contributed by atoms with van der Waals surface area (Å²) < 4.78 is 35.9. The largest absolute Gasteiger partial charge is 0.383 e. The quantitative estimate of drug-likeness (QED) is 0.579. The predicted molar refractivity (Wildman–Crippen MR) is 116 cm³/mol. The molecule has 2 amide bonds. The highest BCUT2D eigenvalue weighted by Gasteiger charge is 2.23. The second-order valence-corrected chi connectivity index (χ2v) is 8.98. The van der Waals surface area contributed by atoms with Gasteiger partial charge in [0.05, 0.1) is 11.6 Å². The first-order chi connectivity index (χ1) is 14.1. The van der Waals surface area contributed by atoms with Crippen molar-refractivity contribution in [3.8, 4) is 5.75 Å². The van der Waals surface area contributed by atoms with Crippen molar-refractivity contribution in [3.63, 3.8) is 0 Å². The molecule has 0 aliphatic carbocycles. The first-order valence-electron chi connectivity index (χ1n) is 9.47. The van der Waals surface area contributed by atoms with Gasteiger partial charge in [0.2, 0.25) is 0 Å². The van der Waals surface area contributed by atoms with Gasteiger partial charge in [-0.2, -0.15) is 8.42 Å². The molecule has 0 aliphatic rings. The Morgan fingerprint density at radius 1 is 1.20 bits per heavy atom. The van der Waals surface area contributed by atoms with Crippen molar-refractivity contribution in [2.45, 2.75) is 38.3 Å². The van der Waals surface area contributed by atoms with E-state index in [-0.39, 0.29) is 34.3 Å².